The van der Waals surface area contributed by atoms with Gasteiger partial charge in [-0.25, -0.2) is 0 Å². The van der Waals surface area contributed by atoms with Gasteiger partial charge in [-0.15, -0.1) is 0 Å². The number of fused-ring (bicyclic) bond motifs is 1. The molecule has 2 aromatic rings. The SMILES string of the molecule is NCC1(C(O)c2cc3ccccc3o2)CCCCC1. The van der Waals surface area contributed by atoms with Crippen molar-refractivity contribution in [2.45, 2.75) is 38.2 Å². The molecule has 0 radical (unpaired) electrons. The van der Waals surface area contributed by atoms with Gasteiger partial charge in [-0.2, -0.15) is 0 Å². The van der Waals surface area contributed by atoms with Crippen molar-refractivity contribution < 1.29 is 9.52 Å². The second-order valence-electron chi connectivity index (χ2n) is 5.72. The lowest BCUT2D eigenvalue weighted by Crippen LogP contribution is -2.38. The van der Waals surface area contributed by atoms with Crippen LogP contribution >= 0.6 is 0 Å². The largest absolute Gasteiger partial charge is 0.458 e. The second kappa shape index (κ2) is 4.99. The van der Waals surface area contributed by atoms with E-state index in [4.69, 9.17) is 10.2 Å². The van der Waals surface area contributed by atoms with E-state index in [1.165, 1.54) is 6.42 Å². The summed E-state index contributed by atoms with van der Waals surface area (Å²) in [7, 11) is 0. The van der Waals surface area contributed by atoms with Crippen LogP contribution in [0, 0.1) is 5.41 Å². The lowest BCUT2D eigenvalue weighted by atomic mass is 9.69. The minimum Gasteiger partial charge on any atom is -0.458 e. The fourth-order valence-electron chi connectivity index (χ4n) is 3.28. The molecule has 102 valence electrons. The molecule has 1 saturated carbocycles. The molecule has 3 rings (SSSR count). The molecule has 1 heterocycles. The number of hydrogen-bond acceptors (Lipinski definition) is 3. The standard InChI is InChI=1S/C16H21NO2/c17-11-16(8-4-1-5-9-16)15(18)14-10-12-6-2-3-7-13(12)19-14/h2-3,6-7,10,15,18H,1,4-5,8-9,11,17H2. The predicted octanol–water partition coefficient (Wildman–Crippen LogP) is 3.38. The van der Waals surface area contributed by atoms with Gasteiger partial charge in [-0.3, -0.25) is 0 Å². The van der Waals surface area contributed by atoms with Gasteiger partial charge in [0.2, 0.25) is 0 Å². The second-order valence-corrected chi connectivity index (χ2v) is 5.72. The van der Waals surface area contributed by atoms with Crippen LogP contribution in [0.1, 0.15) is 44.0 Å². The first kappa shape index (κ1) is 12.7. The zero-order chi connectivity index (χ0) is 13.3. The van der Waals surface area contributed by atoms with Crippen LogP contribution in [0.5, 0.6) is 0 Å². The number of hydrogen-bond donors (Lipinski definition) is 2. The van der Waals surface area contributed by atoms with Gasteiger partial charge in [0.05, 0.1) is 0 Å². The third-order valence-corrected chi connectivity index (χ3v) is 4.55. The summed E-state index contributed by atoms with van der Waals surface area (Å²) in [5.74, 6) is 0.661. The molecule has 0 spiro atoms. The first-order valence-corrected chi connectivity index (χ1v) is 7.12. The molecule has 1 aliphatic rings. The van der Waals surface area contributed by atoms with Crippen LogP contribution in [-0.4, -0.2) is 11.7 Å². The van der Waals surface area contributed by atoms with Crippen molar-refractivity contribution in [1.82, 2.24) is 0 Å². The van der Waals surface area contributed by atoms with E-state index in [0.717, 1.165) is 36.7 Å². The molecule has 3 N–H and O–H groups in total. The topological polar surface area (TPSA) is 59.4 Å². The highest BCUT2D eigenvalue weighted by atomic mass is 16.4. The molecule has 3 nitrogen and oxygen atoms in total. The summed E-state index contributed by atoms with van der Waals surface area (Å²) in [6.45, 7) is 0.519. The van der Waals surface area contributed by atoms with Crippen molar-refractivity contribution in [2.75, 3.05) is 6.54 Å². The van der Waals surface area contributed by atoms with E-state index in [-0.39, 0.29) is 5.41 Å². The van der Waals surface area contributed by atoms with Gasteiger partial charge in [-0.1, -0.05) is 37.5 Å². The zero-order valence-corrected chi connectivity index (χ0v) is 11.1. The molecule has 3 heteroatoms. The molecule has 0 bridgehead atoms. The molecule has 1 fully saturated rings. The molecule has 1 aromatic carbocycles. The van der Waals surface area contributed by atoms with Crippen LogP contribution in [0.3, 0.4) is 0 Å². The Bertz CT molecular complexity index is 522. The number of furan rings is 1. The Balaban J connectivity index is 1.95. The number of rotatable bonds is 3. The Morgan fingerprint density at radius 1 is 1.21 bits per heavy atom. The minimum absolute atomic E-state index is 0.202. The van der Waals surface area contributed by atoms with E-state index < -0.39 is 6.10 Å². The predicted molar refractivity (Wildman–Crippen MR) is 75.7 cm³/mol. The number of nitrogens with two attached hydrogens (primary N) is 1. The molecular formula is C16H21NO2. The highest BCUT2D eigenvalue weighted by Gasteiger charge is 2.40. The van der Waals surface area contributed by atoms with Crippen molar-refractivity contribution in [3.8, 4) is 0 Å². The molecule has 1 aromatic heterocycles. The number of para-hydroxylation sites is 1. The molecular weight excluding hydrogens is 238 g/mol. The van der Waals surface area contributed by atoms with Gasteiger partial charge in [0.25, 0.3) is 0 Å². The zero-order valence-electron chi connectivity index (χ0n) is 11.1. The summed E-state index contributed by atoms with van der Waals surface area (Å²) in [6, 6.07) is 9.81. The Hall–Kier alpha value is -1.32. The Morgan fingerprint density at radius 3 is 2.63 bits per heavy atom. The van der Waals surface area contributed by atoms with Crippen molar-refractivity contribution >= 4 is 11.0 Å². The first-order chi connectivity index (χ1) is 9.25. The monoisotopic (exact) mass is 259 g/mol. The van der Waals surface area contributed by atoms with Crippen molar-refractivity contribution in [2.24, 2.45) is 11.1 Å². The normalized spacial score (nSPS) is 20.5. The molecule has 0 saturated heterocycles. The van der Waals surface area contributed by atoms with E-state index in [1.807, 2.05) is 30.3 Å². The van der Waals surface area contributed by atoms with Crippen LogP contribution in [0.2, 0.25) is 0 Å². The van der Waals surface area contributed by atoms with Gasteiger partial charge < -0.3 is 15.3 Å². The third kappa shape index (κ3) is 2.17. The average Bonchev–Trinajstić information content (AvgIpc) is 2.91. The van der Waals surface area contributed by atoms with Gasteiger partial charge in [-0.05, 0) is 25.0 Å². The van der Waals surface area contributed by atoms with E-state index in [0.29, 0.717) is 12.3 Å². The quantitative estimate of drug-likeness (QED) is 0.888. The highest BCUT2D eigenvalue weighted by Crippen LogP contribution is 2.46. The average molecular weight is 259 g/mol. The van der Waals surface area contributed by atoms with E-state index in [2.05, 4.69) is 0 Å². The summed E-state index contributed by atoms with van der Waals surface area (Å²) in [4.78, 5) is 0. The summed E-state index contributed by atoms with van der Waals surface area (Å²) in [5, 5.41) is 11.8. The molecule has 1 atom stereocenters. The maximum atomic E-state index is 10.7. The van der Waals surface area contributed by atoms with Crippen LogP contribution in [0.4, 0.5) is 0 Å². The van der Waals surface area contributed by atoms with E-state index >= 15 is 0 Å². The Kier molecular flexibility index (Phi) is 3.33. The van der Waals surface area contributed by atoms with Crippen LogP contribution in [-0.2, 0) is 0 Å². The van der Waals surface area contributed by atoms with Crippen LogP contribution in [0.15, 0.2) is 34.7 Å². The Morgan fingerprint density at radius 2 is 1.95 bits per heavy atom. The lowest BCUT2D eigenvalue weighted by molar-refractivity contribution is -0.0122. The molecule has 1 aliphatic carbocycles. The van der Waals surface area contributed by atoms with Gasteiger partial charge in [0.15, 0.2) is 0 Å². The molecule has 0 aliphatic heterocycles. The first-order valence-electron chi connectivity index (χ1n) is 7.12. The molecule has 0 amide bonds. The molecule has 19 heavy (non-hydrogen) atoms. The van der Waals surface area contributed by atoms with Crippen molar-refractivity contribution in [3.63, 3.8) is 0 Å². The van der Waals surface area contributed by atoms with E-state index in [1.54, 1.807) is 0 Å². The highest BCUT2D eigenvalue weighted by molar-refractivity contribution is 5.77. The fourth-order valence-corrected chi connectivity index (χ4v) is 3.28. The number of benzene rings is 1. The molecule has 1 unspecified atom stereocenters. The van der Waals surface area contributed by atoms with Crippen LogP contribution < -0.4 is 5.73 Å². The van der Waals surface area contributed by atoms with E-state index in [9.17, 15) is 5.11 Å². The maximum absolute atomic E-state index is 10.7. The fraction of sp³-hybridized carbons (Fsp3) is 0.500. The maximum Gasteiger partial charge on any atom is 0.134 e. The van der Waals surface area contributed by atoms with Gasteiger partial charge in [0, 0.05) is 17.3 Å². The summed E-state index contributed by atoms with van der Waals surface area (Å²) in [6.07, 6.45) is 4.92. The minimum atomic E-state index is -0.592. The summed E-state index contributed by atoms with van der Waals surface area (Å²) < 4.78 is 5.80. The van der Waals surface area contributed by atoms with Crippen molar-refractivity contribution in [1.29, 1.82) is 0 Å². The third-order valence-electron chi connectivity index (χ3n) is 4.55. The smallest absolute Gasteiger partial charge is 0.134 e. The van der Waals surface area contributed by atoms with Crippen molar-refractivity contribution in [3.05, 3.63) is 36.1 Å². The number of aliphatic hydroxyl groups is 1. The van der Waals surface area contributed by atoms with Crippen LogP contribution in [0.25, 0.3) is 11.0 Å². The van der Waals surface area contributed by atoms with Gasteiger partial charge in [0.1, 0.15) is 17.4 Å². The van der Waals surface area contributed by atoms with Gasteiger partial charge >= 0.3 is 0 Å². The number of aliphatic hydroxyl groups excluding tert-OH is 1. The summed E-state index contributed by atoms with van der Waals surface area (Å²) >= 11 is 0. The Labute approximate surface area is 113 Å². The lowest BCUT2D eigenvalue weighted by Gasteiger charge is -2.39. The summed E-state index contributed by atoms with van der Waals surface area (Å²) in [5.41, 5.74) is 6.60.